The number of carbonyl (C=O) groups is 2. The molecule has 0 spiro atoms. The van der Waals surface area contributed by atoms with Crippen molar-refractivity contribution >= 4 is 11.9 Å². The van der Waals surface area contributed by atoms with Crippen LogP contribution in [0.15, 0.2) is 36.2 Å². The molecule has 2 aromatic rings. The number of methoxy groups -OCH3 is 3. The molecule has 1 N–H and O–H groups in total. The number of hydrogen-bond donors (Lipinski definition) is 1. The molecule has 2 heterocycles. The van der Waals surface area contributed by atoms with E-state index in [-0.39, 0.29) is 19.8 Å². The Hall–Kier alpha value is -6.52. The summed E-state index contributed by atoms with van der Waals surface area (Å²) < 4.78 is 39.4. The lowest BCUT2D eigenvalue weighted by molar-refractivity contribution is -0.629. The van der Waals surface area contributed by atoms with Crippen LogP contribution in [-0.4, -0.2) is 90.6 Å². The van der Waals surface area contributed by atoms with Gasteiger partial charge in [-0.15, -0.1) is 0 Å². The third-order valence-corrected chi connectivity index (χ3v) is 10.1. The number of nitrogens with one attached hydrogen (secondary N) is 1. The van der Waals surface area contributed by atoms with E-state index in [1.165, 1.54) is 35.2 Å². The fourth-order valence-corrected chi connectivity index (χ4v) is 7.23. The van der Waals surface area contributed by atoms with Crippen LogP contribution in [0.3, 0.4) is 0 Å². The van der Waals surface area contributed by atoms with Gasteiger partial charge in [0.15, 0.2) is 29.1 Å². The topological polar surface area (TPSA) is 293 Å². The predicted molar refractivity (Wildman–Crippen MR) is 188 cm³/mol. The van der Waals surface area contributed by atoms with E-state index in [4.69, 9.17) is 38.0 Å². The molecule has 23 nitrogen and oxygen atoms in total. The van der Waals surface area contributed by atoms with E-state index in [1.807, 2.05) is 0 Å². The van der Waals surface area contributed by atoms with Crippen LogP contribution >= 0.6 is 0 Å². The highest BCUT2D eigenvalue weighted by Crippen LogP contribution is 2.56. The van der Waals surface area contributed by atoms with Crippen LogP contribution < -0.4 is 29.2 Å². The summed E-state index contributed by atoms with van der Waals surface area (Å²) in [6.07, 6.45) is -4.17. The van der Waals surface area contributed by atoms with Crippen LogP contribution in [-0.2, 0) is 23.9 Å². The maximum atomic E-state index is 13.6. The standard InChI is InChI=1S/C34H39N5O18/c1-6-18(36(42)43)9-23(38(46)47)24(39(48)49)10-19(37(44)45)13-35-57-16(2)33(40)56-31-21-12-26-25(54-15-55-26)11-20(21)29(30-22(31)14-53-34(30)41)17-7-27(50-3)32(52-5)28(8-17)51-4/h7-8,11-13,16,18,22-24,29-31,35H,6,9-10,14-15H2,1-5H3/b19-13-/t16?,18?,22?,23?,24?,29-,30+,31+/m1/s1. The van der Waals surface area contributed by atoms with E-state index in [0.717, 1.165) is 0 Å². The highest BCUT2D eigenvalue weighted by atomic mass is 16.7. The molecule has 8 atom stereocenters. The molecular weight excluding hydrogens is 766 g/mol. The van der Waals surface area contributed by atoms with Crippen molar-refractivity contribution < 1.29 is 67.3 Å². The molecule has 1 saturated heterocycles. The normalized spacial score (nSPS) is 21.4. The van der Waals surface area contributed by atoms with E-state index >= 15 is 0 Å². The Morgan fingerprint density at radius 2 is 1.51 bits per heavy atom. The monoisotopic (exact) mass is 805 g/mol. The molecule has 2 aromatic carbocycles. The molecule has 0 radical (unpaired) electrons. The highest BCUT2D eigenvalue weighted by molar-refractivity contribution is 5.80. The SMILES string of the molecule is CCC(CC(C(C/C(=C/NOC(C)C(=O)O[C@H]1c2cc3c(cc2[C@@H](c2cc(OC)c(OC)c(OC)c2)[C@H]2C(=O)OCC12)OCO3)[N+](=O)[O-])[N+](=O)[O-])[N+](=O)[O-])[N+](=O)[O-]. The lowest BCUT2D eigenvalue weighted by Gasteiger charge is -2.39. The summed E-state index contributed by atoms with van der Waals surface area (Å²) in [7, 11) is 4.34. The zero-order chi connectivity index (χ0) is 41.7. The summed E-state index contributed by atoms with van der Waals surface area (Å²) in [6.45, 7) is 2.38. The molecule has 0 saturated carbocycles. The lowest BCUT2D eigenvalue weighted by atomic mass is 9.66. The van der Waals surface area contributed by atoms with Gasteiger partial charge in [0.25, 0.3) is 17.8 Å². The van der Waals surface area contributed by atoms with Gasteiger partial charge < -0.3 is 33.2 Å². The number of cyclic esters (lactones) is 1. The van der Waals surface area contributed by atoms with Crippen molar-refractivity contribution in [3.63, 3.8) is 0 Å². The van der Waals surface area contributed by atoms with Gasteiger partial charge in [-0.25, -0.2) is 4.79 Å². The molecule has 308 valence electrons. The van der Waals surface area contributed by atoms with Crippen LogP contribution in [0.4, 0.5) is 0 Å². The number of benzene rings is 2. The van der Waals surface area contributed by atoms with E-state index in [0.29, 0.717) is 51.6 Å². The summed E-state index contributed by atoms with van der Waals surface area (Å²) in [5.74, 6) is -2.20. The minimum Gasteiger partial charge on any atom is -0.493 e. The minimum atomic E-state index is -2.22. The van der Waals surface area contributed by atoms with E-state index in [9.17, 15) is 50.0 Å². The molecular formula is C34H39N5O18. The van der Waals surface area contributed by atoms with Gasteiger partial charge in [0.05, 0.1) is 51.4 Å². The Morgan fingerprint density at radius 1 is 0.895 bits per heavy atom. The van der Waals surface area contributed by atoms with Crippen molar-refractivity contribution in [3.8, 4) is 28.7 Å². The Labute approximate surface area is 322 Å². The Kier molecular flexibility index (Phi) is 12.8. The largest absolute Gasteiger partial charge is 0.493 e. The fraction of sp³-hybridized carbons (Fsp3) is 0.529. The first-order chi connectivity index (χ1) is 27.1. The summed E-state index contributed by atoms with van der Waals surface area (Å²) in [6, 6.07) is 0.864. The van der Waals surface area contributed by atoms with Gasteiger partial charge in [-0.05, 0) is 42.3 Å². The van der Waals surface area contributed by atoms with Gasteiger partial charge >= 0.3 is 11.9 Å². The Balaban J connectivity index is 1.40. The average molecular weight is 806 g/mol. The number of ether oxygens (including phenoxy) is 7. The molecule has 0 aromatic heterocycles. The second kappa shape index (κ2) is 17.5. The van der Waals surface area contributed by atoms with Crippen LogP contribution in [0.2, 0.25) is 0 Å². The molecule has 1 aliphatic carbocycles. The van der Waals surface area contributed by atoms with Crippen molar-refractivity contribution in [1.29, 1.82) is 0 Å². The summed E-state index contributed by atoms with van der Waals surface area (Å²) in [5, 5.41) is 46.7. The van der Waals surface area contributed by atoms with Gasteiger partial charge in [0, 0.05) is 38.6 Å². The van der Waals surface area contributed by atoms with Gasteiger partial charge in [-0.2, -0.15) is 0 Å². The molecule has 3 aliphatic rings. The smallest absolute Gasteiger partial charge is 0.338 e. The van der Waals surface area contributed by atoms with Crippen molar-refractivity contribution in [1.82, 2.24) is 5.48 Å². The molecule has 1 fully saturated rings. The first-order valence-electron chi connectivity index (χ1n) is 17.4. The second-order valence-corrected chi connectivity index (χ2v) is 13.2. The van der Waals surface area contributed by atoms with Crippen molar-refractivity contribution in [2.45, 2.75) is 69.4 Å². The van der Waals surface area contributed by atoms with E-state index < -0.39 is 98.3 Å². The van der Waals surface area contributed by atoms with Crippen molar-refractivity contribution in [3.05, 3.63) is 93.3 Å². The maximum absolute atomic E-state index is 13.6. The Bertz CT molecular complexity index is 1930. The van der Waals surface area contributed by atoms with Crippen LogP contribution in [0.25, 0.3) is 0 Å². The minimum absolute atomic E-state index is 0.0874. The molecule has 57 heavy (non-hydrogen) atoms. The summed E-state index contributed by atoms with van der Waals surface area (Å²) in [5.41, 5.74) is 2.71. The average Bonchev–Trinajstić information content (AvgIpc) is 3.80. The Morgan fingerprint density at radius 3 is 2.04 bits per heavy atom. The molecule has 2 aliphatic heterocycles. The fourth-order valence-electron chi connectivity index (χ4n) is 7.23. The number of hydroxylamine groups is 1. The third kappa shape index (κ3) is 8.51. The van der Waals surface area contributed by atoms with Crippen LogP contribution in [0.1, 0.15) is 61.8 Å². The quantitative estimate of drug-likeness (QED) is 0.121. The predicted octanol–water partition coefficient (Wildman–Crippen LogP) is 3.11. The molecule has 5 unspecified atom stereocenters. The molecule has 23 heteroatoms. The molecule has 0 amide bonds. The number of rotatable bonds is 19. The van der Waals surface area contributed by atoms with Gasteiger partial charge in [-0.1, -0.05) is 6.92 Å². The van der Waals surface area contributed by atoms with E-state index in [2.05, 4.69) is 5.48 Å². The first-order valence-corrected chi connectivity index (χ1v) is 17.4. The first kappa shape index (κ1) is 41.6. The number of fused-ring (bicyclic) bond motifs is 3. The van der Waals surface area contributed by atoms with Gasteiger partial charge in [0.1, 0.15) is 12.5 Å². The van der Waals surface area contributed by atoms with Crippen LogP contribution in [0.5, 0.6) is 28.7 Å². The summed E-state index contributed by atoms with van der Waals surface area (Å²) in [4.78, 5) is 75.0. The van der Waals surface area contributed by atoms with Gasteiger partial charge in [-0.3, -0.25) is 55.6 Å². The van der Waals surface area contributed by atoms with Crippen molar-refractivity contribution in [2.75, 3.05) is 34.7 Å². The zero-order valence-electron chi connectivity index (χ0n) is 31.2. The number of esters is 2. The molecule has 5 rings (SSSR count). The molecule has 0 bridgehead atoms. The lowest BCUT2D eigenvalue weighted by Crippen LogP contribution is -2.43. The van der Waals surface area contributed by atoms with Gasteiger partial charge in [0.2, 0.25) is 18.6 Å². The number of nitro groups is 4. The third-order valence-electron chi connectivity index (χ3n) is 10.1. The number of nitrogens with zero attached hydrogens (tertiary/aromatic N) is 4. The number of hydrogen-bond acceptors (Lipinski definition) is 19. The second-order valence-electron chi connectivity index (χ2n) is 13.2. The summed E-state index contributed by atoms with van der Waals surface area (Å²) >= 11 is 0. The van der Waals surface area contributed by atoms with Crippen LogP contribution in [0, 0.1) is 52.3 Å². The maximum Gasteiger partial charge on any atom is 0.338 e. The zero-order valence-corrected chi connectivity index (χ0v) is 31.2. The highest BCUT2D eigenvalue weighted by Gasteiger charge is 2.54. The number of carbonyl (C=O) groups excluding carboxylic acids is 2. The van der Waals surface area contributed by atoms with E-state index in [1.54, 1.807) is 24.3 Å². The van der Waals surface area contributed by atoms with Crippen molar-refractivity contribution in [2.24, 2.45) is 11.8 Å².